The number of hydrogen-bond acceptors (Lipinski definition) is 4. The van der Waals surface area contributed by atoms with Gasteiger partial charge >= 0.3 is 5.97 Å². The van der Waals surface area contributed by atoms with E-state index in [-0.39, 0.29) is 28.7 Å². The maximum Gasteiger partial charge on any atom is 0.354 e. The molecule has 1 aromatic rings. The first-order valence-electron chi connectivity index (χ1n) is 6.83. The minimum absolute atomic E-state index is 0.0616. The van der Waals surface area contributed by atoms with Crippen molar-refractivity contribution < 1.29 is 17.9 Å². The van der Waals surface area contributed by atoms with Crippen LogP contribution >= 0.6 is 0 Å². The highest BCUT2D eigenvalue weighted by Gasteiger charge is 2.22. The zero-order valence-corrected chi connectivity index (χ0v) is 14.0. The van der Waals surface area contributed by atoms with E-state index in [4.69, 9.17) is 9.88 Å². The first-order valence-corrected chi connectivity index (χ1v) is 8.38. The Morgan fingerprint density at radius 1 is 1.38 bits per heavy atom. The van der Waals surface area contributed by atoms with Crippen LogP contribution in [0.5, 0.6) is 0 Å². The lowest BCUT2D eigenvalue weighted by Gasteiger charge is -2.18. The molecule has 0 aliphatic heterocycles. The highest BCUT2D eigenvalue weighted by Crippen LogP contribution is 2.21. The molecule has 0 fully saturated rings. The van der Waals surface area contributed by atoms with Crippen LogP contribution in [0.1, 0.15) is 57.6 Å². The van der Waals surface area contributed by atoms with Crippen molar-refractivity contribution in [2.24, 2.45) is 10.6 Å². The summed E-state index contributed by atoms with van der Waals surface area (Å²) in [5.74, 6) is -0.539. The molecule has 120 valence electrons. The number of primary sulfonamides is 1. The van der Waals surface area contributed by atoms with Crippen LogP contribution in [0.25, 0.3) is 0 Å². The number of nitrogens with zero attached hydrogens (tertiary/aromatic N) is 1. The van der Waals surface area contributed by atoms with E-state index in [1.54, 1.807) is 4.57 Å². The Kier molecular flexibility index (Phi) is 5.22. The van der Waals surface area contributed by atoms with Gasteiger partial charge in [0.05, 0.1) is 6.61 Å². The Morgan fingerprint density at radius 2 is 1.95 bits per heavy atom. The smallest absolute Gasteiger partial charge is 0.354 e. The fraction of sp³-hybridized carbons (Fsp3) is 0.643. The Hall–Kier alpha value is -1.34. The molecule has 0 unspecified atom stereocenters. The number of carbonyl (C=O) groups excluding carboxylic acids is 1. The second-order valence-corrected chi connectivity index (χ2v) is 8.12. The van der Waals surface area contributed by atoms with Crippen LogP contribution < -0.4 is 5.14 Å². The molecule has 0 amide bonds. The van der Waals surface area contributed by atoms with Gasteiger partial charge in [0, 0.05) is 12.2 Å². The molecule has 1 aromatic heterocycles. The van der Waals surface area contributed by atoms with Gasteiger partial charge in [-0.15, -0.1) is 0 Å². The van der Waals surface area contributed by atoms with Gasteiger partial charge in [-0.2, -0.15) is 0 Å². The zero-order chi connectivity index (χ0) is 16.4. The predicted octanol–water partition coefficient (Wildman–Crippen LogP) is 2.31. The molecule has 0 aliphatic carbocycles. The normalized spacial score (nSPS) is 12.7. The summed E-state index contributed by atoms with van der Waals surface area (Å²) in [6, 6.07) is 1.18. The molecule has 0 aliphatic rings. The van der Waals surface area contributed by atoms with Crippen molar-refractivity contribution >= 4 is 16.0 Å². The van der Waals surface area contributed by atoms with Crippen molar-refractivity contribution in [2.45, 2.75) is 52.0 Å². The van der Waals surface area contributed by atoms with Crippen LogP contribution in [0.2, 0.25) is 0 Å². The number of aromatic nitrogens is 1. The lowest BCUT2D eigenvalue weighted by molar-refractivity contribution is 0.0450. The largest absolute Gasteiger partial charge is 0.461 e. The van der Waals surface area contributed by atoms with Crippen LogP contribution in [0.15, 0.2) is 17.2 Å². The number of ether oxygens (including phenoxy) is 1. The van der Waals surface area contributed by atoms with Gasteiger partial charge in [0.1, 0.15) is 10.6 Å². The molecular weight excluding hydrogens is 292 g/mol. The van der Waals surface area contributed by atoms with Gasteiger partial charge in [0.2, 0.25) is 10.0 Å². The van der Waals surface area contributed by atoms with E-state index in [0.29, 0.717) is 0 Å². The third-order valence-electron chi connectivity index (χ3n) is 3.00. The number of rotatable bonds is 5. The van der Waals surface area contributed by atoms with Crippen LogP contribution in [0.4, 0.5) is 0 Å². The van der Waals surface area contributed by atoms with Crippen LogP contribution in [0, 0.1) is 5.41 Å². The van der Waals surface area contributed by atoms with Gasteiger partial charge < -0.3 is 9.30 Å². The van der Waals surface area contributed by atoms with Gasteiger partial charge in [-0.05, 0) is 31.7 Å². The minimum atomic E-state index is -3.84. The standard InChI is InChI=1S/C14H24N2O4S/c1-10(2)16-9-11(21(15,18)19)8-12(16)13(17)20-7-6-14(3,4)5/h8-10H,6-7H2,1-5H3,(H2,15,18,19). The third kappa shape index (κ3) is 5.17. The molecule has 2 N–H and O–H groups in total. The molecule has 0 saturated carbocycles. The van der Waals surface area contributed by atoms with Crippen molar-refractivity contribution in [1.29, 1.82) is 0 Å². The van der Waals surface area contributed by atoms with E-state index in [1.165, 1.54) is 12.3 Å². The molecule has 0 saturated heterocycles. The number of hydrogen-bond donors (Lipinski definition) is 1. The van der Waals surface area contributed by atoms with E-state index in [0.717, 1.165) is 6.42 Å². The molecule has 0 spiro atoms. The van der Waals surface area contributed by atoms with Gasteiger partial charge in [-0.3, -0.25) is 0 Å². The molecule has 0 bridgehead atoms. The SMILES string of the molecule is CC(C)n1cc(S(N)(=O)=O)cc1C(=O)OCCC(C)(C)C. The average Bonchev–Trinajstić information content (AvgIpc) is 2.71. The van der Waals surface area contributed by atoms with Crippen LogP contribution in [0.3, 0.4) is 0 Å². The Labute approximate surface area is 126 Å². The van der Waals surface area contributed by atoms with Gasteiger partial charge in [0.25, 0.3) is 0 Å². The number of sulfonamides is 1. The maximum atomic E-state index is 12.1. The van der Waals surface area contributed by atoms with Crippen molar-refractivity contribution in [3.05, 3.63) is 18.0 Å². The van der Waals surface area contributed by atoms with E-state index >= 15 is 0 Å². The summed E-state index contributed by atoms with van der Waals surface area (Å²) in [7, 11) is -3.84. The maximum absolute atomic E-state index is 12.1. The average molecular weight is 316 g/mol. The summed E-state index contributed by atoms with van der Waals surface area (Å²) in [4.78, 5) is 12.0. The van der Waals surface area contributed by atoms with E-state index in [9.17, 15) is 13.2 Å². The first-order chi connectivity index (χ1) is 9.42. The molecule has 1 rings (SSSR count). The monoisotopic (exact) mass is 316 g/mol. The fourth-order valence-corrected chi connectivity index (χ4v) is 2.26. The second-order valence-electron chi connectivity index (χ2n) is 6.55. The van der Waals surface area contributed by atoms with Crippen LogP contribution in [-0.4, -0.2) is 25.6 Å². The van der Waals surface area contributed by atoms with Crippen molar-refractivity contribution in [2.75, 3.05) is 6.61 Å². The molecule has 0 atom stereocenters. The van der Waals surface area contributed by atoms with Gasteiger partial charge in [-0.1, -0.05) is 20.8 Å². The zero-order valence-electron chi connectivity index (χ0n) is 13.2. The Balaban J connectivity index is 2.95. The summed E-state index contributed by atoms with van der Waals surface area (Å²) in [5.41, 5.74) is 0.259. The Bertz CT molecular complexity index is 609. The highest BCUT2D eigenvalue weighted by atomic mass is 32.2. The quantitative estimate of drug-likeness (QED) is 0.844. The van der Waals surface area contributed by atoms with Gasteiger partial charge in [0.15, 0.2) is 0 Å². The molecule has 1 heterocycles. The number of carbonyl (C=O) groups is 1. The van der Waals surface area contributed by atoms with Crippen molar-refractivity contribution in [3.63, 3.8) is 0 Å². The molecule has 0 radical (unpaired) electrons. The summed E-state index contributed by atoms with van der Waals surface area (Å²) >= 11 is 0. The van der Waals surface area contributed by atoms with E-state index in [1.807, 2.05) is 13.8 Å². The summed E-state index contributed by atoms with van der Waals surface area (Å²) in [6.07, 6.45) is 2.09. The first kappa shape index (κ1) is 17.7. The highest BCUT2D eigenvalue weighted by molar-refractivity contribution is 7.89. The topological polar surface area (TPSA) is 91.4 Å². The van der Waals surface area contributed by atoms with E-state index in [2.05, 4.69) is 20.8 Å². The van der Waals surface area contributed by atoms with Crippen molar-refractivity contribution in [3.8, 4) is 0 Å². The molecule has 6 nitrogen and oxygen atoms in total. The summed E-state index contributed by atoms with van der Waals surface area (Å²) in [6.45, 7) is 10.1. The molecule has 21 heavy (non-hydrogen) atoms. The third-order valence-corrected chi connectivity index (χ3v) is 3.88. The second kappa shape index (κ2) is 6.19. The minimum Gasteiger partial charge on any atom is -0.461 e. The number of nitrogens with two attached hydrogens (primary N) is 1. The molecule has 0 aromatic carbocycles. The lowest BCUT2D eigenvalue weighted by atomic mass is 9.93. The van der Waals surface area contributed by atoms with Gasteiger partial charge in [-0.25, -0.2) is 18.4 Å². The number of esters is 1. The van der Waals surface area contributed by atoms with Crippen molar-refractivity contribution in [1.82, 2.24) is 4.57 Å². The van der Waals surface area contributed by atoms with E-state index < -0.39 is 16.0 Å². The summed E-state index contributed by atoms with van der Waals surface area (Å²) < 4.78 is 29.6. The fourth-order valence-electron chi connectivity index (χ4n) is 1.72. The summed E-state index contributed by atoms with van der Waals surface area (Å²) in [5, 5.41) is 5.10. The lowest BCUT2D eigenvalue weighted by Crippen LogP contribution is -2.16. The molecule has 7 heteroatoms. The van der Waals surface area contributed by atoms with Crippen LogP contribution in [-0.2, 0) is 14.8 Å². The molecular formula is C14H24N2O4S. The predicted molar refractivity (Wildman–Crippen MR) is 80.5 cm³/mol. The Morgan fingerprint density at radius 3 is 2.38 bits per heavy atom.